The minimum absolute atomic E-state index is 0. The van der Waals surface area contributed by atoms with Crippen molar-refractivity contribution < 1.29 is 38.8 Å². The molecule has 4 aromatic carbocycles. The number of nitrogens with zero attached hydrogens (tertiary/aromatic N) is 3. The molecule has 0 saturated carbocycles. The second kappa shape index (κ2) is 19.3. The summed E-state index contributed by atoms with van der Waals surface area (Å²) >= 11 is 0. The minimum Gasteiger partial charge on any atom is -0.477 e. The molecule has 2 heterocycles. The van der Waals surface area contributed by atoms with Gasteiger partial charge in [-0.3, -0.25) is 18.7 Å². The molecule has 257 valence electrons. The maximum absolute atomic E-state index is 16.1. The van der Waals surface area contributed by atoms with E-state index in [0.29, 0.717) is 5.56 Å². The summed E-state index contributed by atoms with van der Waals surface area (Å²) in [7, 11) is 0. The van der Waals surface area contributed by atoms with Crippen molar-refractivity contribution in [3.8, 4) is 44.8 Å². The summed E-state index contributed by atoms with van der Waals surface area (Å²) in [5.41, 5.74) is 5.19. The molecule has 0 saturated heterocycles. The molecule has 0 amide bonds. The van der Waals surface area contributed by atoms with E-state index in [4.69, 9.17) is 5.11 Å². The van der Waals surface area contributed by atoms with Crippen molar-refractivity contribution >= 4 is 5.97 Å². The second-order valence-electron chi connectivity index (χ2n) is 11.7. The van der Waals surface area contributed by atoms with Crippen LogP contribution in [0.2, 0.25) is 0 Å². The normalized spacial score (nSPS) is 10.5. The molecule has 0 spiro atoms. The largest absolute Gasteiger partial charge is 0.477 e. The van der Waals surface area contributed by atoms with E-state index < -0.39 is 17.6 Å². The van der Waals surface area contributed by atoms with Crippen molar-refractivity contribution in [1.82, 2.24) is 15.0 Å². The standard InChI is InChI=1S/C36H33F2N2.C6H5NO2.Ir/c1-2-3-4-5-6-9-14-26-24-39-36(40-25-26)32-19-20-33(37)34(35(32)38)31-22-29(27-15-10-7-11-16-27)21-30(23-31)28-17-12-8-13-18-28;8-6(9)5-3-1-2-4-7-5;/h7-8,10-13,15-18,20-25H,2-6,9,14H2,1H3;1-4H,(H,8,9);/q-1;;. The van der Waals surface area contributed by atoms with Crippen molar-refractivity contribution in [1.29, 1.82) is 0 Å². The third-order valence-corrected chi connectivity index (χ3v) is 8.09. The van der Waals surface area contributed by atoms with E-state index in [9.17, 15) is 4.79 Å². The van der Waals surface area contributed by atoms with Crippen molar-refractivity contribution in [2.24, 2.45) is 0 Å². The van der Waals surface area contributed by atoms with Gasteiger partial charge in [-0.1, -0.05) is 111 Å². The number of halogens is 2. The number of aryl methyl sites for hydroxylation is 1. The van der Waals surface area contributed by atoms with E-state index in [1.54, 1.807) is 24.5 Å². The number of hydrogen-bond acceptors (Lipinski definition) is 4. The smallest absolute Gasteiger partial charge is 0.354 e. The number of carboxylic acid groups (broad SMARTS) is 1. The Bertz CT molecular complexity index is 1880. The summed E-state index contributed by atoms with van der Waals surface area (Å²) in [6.07, 6.45) is 13.1. The van der Waals surface area contributed by atoms with Gasteiger partial charge in [0.05, 0.1) is 11.6 Å². The summed E-state index contributed by atoms with van der Waals surface area (Å²) in [5, 5.41) is 8.32. The first-order chi connectivity index (χ1) is 23.9. The zero-order valence-electron chi connectivity index (χ0n) is 27.8. The average molecular weight is 847 g/mol. The fourth-order valence-corrected chi connectivity index (χ4v) is 5.51. The van der Waals surface area contributed by atoms with Gasteiger partial charge in [-0.25, -0.2) is 9.78 Å². The molecule has 6 aromatic rings. The van der Waals surface area contributed by atoms with Crippen LogP contribution in [0, 0.1) is 17.7 Å². The number of pyridine rings is 1. The topological polar surface area (TPSA) is 76.0 Å². The summed E-state index contributed by atoms with van der Waals surface area (Å²) < 4.78 is 31.4. The van der Waals surface area contributed by atoms with E-state index in [-0.39, 0.29) is 42.8 Å². The van der Waals surface area contributed by atoms with E-state index in [1.165, 1.54) is 50.4 Å². The maximum Gasteiger partial charge on any atom is 0.354 e. The number of benzene rings is 4. The van der Waals surface area contributed by atoms with Crippen molar-refractivity contribution in [2.75, 3.05) is 0 Å². The predicted octanol–water partition coefficient (Wildman–Crippen LogP) is 10.9. The fraction of sp³-hybridized carbons (Fsp3) is 0.190. The second-order valence-corrected chi connectivity index (χ2v) is 11.7. The number of unbranched alkanes of at least 4 members (excludes halogenated alkanes) is 5. The third-order valence-electron chi connectivity index (χ3n) is 8.09. The van der Waals surface area contributed by atoms with Crippen molar-refractivity contribution in [3.05, 3.63) is 151 Å². The summed E-state index contributed by atoms with van der Waals surface area (Å²) in [4.78, 5) is 22.6. The number of aromatic carboxylic acids is 1. The van der Waals surface area contributed by atoms with E-state index >= 15 is 8.78 Å². The maximum atomic E-state index is 16.1. The third kappa shape index (κ3) is 10.3. The van der Waals surface area contributed by atoms with Gasteiger partial charge in [0.15, 0.2) is 0 Å². The Hall–Kier alpha value is -4.91. The number of carbonyl (C=O) groups is 1. The van der Waals surface area contributed by atoms with Crippen LogP contribution in [0.15, 0.2) is 122 Å². The Balaban J connectivity index is 0.000000490. The van der Waals surface area contributed by atoms with Crippen LogP contribution in [0.5, 0.6) is 0 Å². The molecule has 5 nitrogen and oxygen atoms in total. The molecule has 0 aliphatic rings. The number of aromatic nitrogens is 3. The van der Waals surface area contributed by atoms with Crippen LogP contribution in [-0.4, -0.2) is 26.0 Å². The average Bonchev–Trinajstić information content (AvgIpc) is 3.15. The SMILES string of the molecule is CCCCCCCCc1cnc(-c2[c-]cc(F)c(-c3cc(-c4ccccc4)cc(-c4ccccc4)c3)c2F)nc1.O=C(O)c1ccccn1.[Ir]. The fourth-order valence-electron chi connectivity index (χ4n) is 5.51. The van der Waals surface area contributed by atoms with Gasteiger partial charge in [0, 0.05) is 44.5 Å². The molecule has 6 rings (SSSR count). The molecule has 0 fully saturated rings. The van der Waals surface area contributed by atoms with Gasteiger partial charge in [-0.2, -0.15) is 0 Å². The van der Waals surface area contributed by atoms with Gasteiger partial charge < -0.3 is 5.11 Å². The Morgan fingerprint density at radius 1 is 0.700 bits per heavy atom. The van der Waals surface area contributed by atoms with Crippen molar-refractivity contribution in [2.45, 2.75) is 51.9 Å². The number of carboxylic acids is 1. The molecule has 0 aliphatic carbocycles. The quantitative estimate of drug-likeness (QED) is 0.0981. The van der Waals surface area contributed by atoms with Crippen LogP contribution in [0.25, 0.3) is 44.8 Å². The molecule has 1 N–H and O–H groups in total. The molecule has 0 atom stereocenters. The van der Waals surface area contributed by atoms with Crippen LogP contribution < -0.4 is 0 Å². The van der Waals surface area contributed by atoms with Gasteiger partial charge in [-0.15, -0.1) is 12.1 Å². The summed E-state index contributed by atoms with van der Waals surface area (Å²) in [6.45, 7) is 2.22. The minimum atomic E-state index is -0.990. The molecular formula is C42H38F2IrN3O2-. The molecular weight excluding hydrogens is 809 g/mol. The first-order valence-corrected chi connectivity index (χ1v) is 16.6. The first kappa shape index (κ1) is 37.9. The Kier molecular flexibility index (Phi) is 14.6. The van der Waals surface area contributed by atoms with Crippen LogP contribution >= 0.6 is 0 Å². The number of hydrogen-bond donors (Lipinski definition) is 1. The van der Waals surface area contributed by atoms with Gasteiger partial charge >= 0.3 is 5.97 Å². The zero-order valence-corrected chi connectivity index (χ0v) is 30.2. The van der Waals surface area contributed by atoms with Crippen LogP contribution in [0.4, 0.5) is 8.78 Å². The molecule has 8 heteroatoms. The monoisotopic (exact) mass is 847 g/mol. The van der Waals surface area contributed by atoms with Gasteiger partial charge in [0.2, 0.25) is 0 Å². The molecule has 0 unspecified atom stereocenters. The van der Waals surface area contributed by atoms with Crippen LogP contribution in [0.3, 0.4) is 0 Å². The molecule has 2 aromatic heterocycles. The Labute approximate surface area is 305 Å². The molecule has 50 heavy (non-hydrogen) atoms. The van der Waals surface area contributed by atoms with Crippen LogP contribution in [0.1, 0.15) is 61.5 Å². The molecule has 0 bridgehead atoms. The summed E-state index contributed by atoms with van der Waals surface area (Å²) in [5.74, 6) is -2.18. The molecule has 0 aliphatic heterocycles. The van der Waals surface area contributed by atoms with Crippen LogP contribution in [-0.2, 0) is 26.5 Å². The first-order valence-electron chi connectivity index (χ1n) is 16.6. The molecule has 1 radical (unpaired) electrons. The zero-order chi connectivity index (χ0) is 34.4. The summed E-state index contributed by atoms with van der Waals surface area (Å²) in [6, 6.07) is 34.1. The van der Waals surface area contributed by atoms with Gasteiger partial charge in [0.25, 0.3) is 0 Å². The van der Waals surface area contributed by atoms with Gasteiger partial charge in [0.1, 0.15) is 5.69 Å². The van der Waals surface area contributed by atoms with E-state index in [1.807, 2.05) is 78.9 Å². The van der Waals surface area contributed by atoms with E-state index in [2.05, 4.69) is 27.9 Å². The predicted molar refractivity (Wildman–Crippen MR) is 191 cm³/mol. The Morgan fingerprint density at radius 2 is 1.26 bits per heavy atom. The van der Waals surface area contributed by atoms with Gasteiger partial charge in [-0.05, 0) is 82.1 Å². The van der Waals surface area contributed by atoms with E-state index in [0.717, 1.165) is 40.7 Å². The van der Waals surface area contributed by atoms with Crippen molar-refractivity contribution in [3.63, 3.8) is 0 Å². The Morgan fingerprint density at radius 3 is 1.80 bits per heavy atom. The number of rotatable bonds is 12.